The smallest absolute Gasteiger partial charge is 0.211 e. The first-order chi connectivity index (χ1) is 20.0. The van der Waals surface area contributed by atoms with E-state index >= 15 is 0 Å². The van der Waals surface area contributed by atoms with Gasteiger partial charge in [0.15, 0.2) is 0 Å². The van der Waals surface area contributed by atoms with Gasteiger partial charge in [-0.2, -0.15) is 0 Å². The van der Waals surface area contributed by atoms with E-state index in [0.717, 1.165) is 57.5 Å². The minimum atomic E-state index is -0.294. The highest BCUT2D eigenvalue weighted by Gasteiger charge is 2.41. The van der Waals surface area contributed by atoms with Crippen LogP contribution in [0.5, 0.6) is 0 Å². The Balaban J connectivity index is 0.000000256. The molecule has 3 saturated heterocycles. The van der Waals surface area contributed by atoms with Crippen LogP contribution in [-0.2, 0) is 14.3 Å². The lowest BCUT2D eigenvalue weighted by Gasteiger charge is -2.50. The Labute approximate surface area is 249 Å². The summed E-state index contributed by atoms with van der Waals surface area (Å²) in [5.74, 6) is 1.87. The average Bonchev–Trinajstić information content (AvgIpc) is 3.01. The Morgan fingerprint density at radius 1 is 1.05 bits per heavy atom. The van der Waals surface area contributed by atoms with Crippen LogP contribution in [0, 0.1) is 23.6 Å². The minimum absolute atomic E-state index is 0.294. The molecule has 3 heterocycles. The summed E-state index contributed by atoms with van der Waals surface area (Å²) in [4.78, 5) is 15.1. The van der Waals surface area contributed by atoms with E-state index in [-0.39, 0.29) is 5.82 Å². The summed E-state index contributed by atoms with van der Waals surface area (Å²) in [6.45, 7) is 18.4. The van der Waals surface area contributed by atoms with Gasteiger partial charge < -0.3 is 25.0 Å². The molecule has 1 saturated carbocycles. The van der Waals surface area contributed by atoms with Gasteiger partial charge in [-0.25, -0.2) is 4.39 Å². The number of nitrogens with one attached hydrogen (secondary N) is 2. The van der Waals surface area contributed by atoms with Gasteiger partial charge in [-0.05, 0) is 81.0 Å². The normalized spacial score (nSPS) is 28.4. The van der Waals surface area contributed by atoms with Gasteiger partial charge >= 0.3 is 0 Å². The molecule has 8 heteroatoms. The number of carbonyl (C=O) groups is 1. The summed E-state index contributed by atoms with van der Waals surface area (Å²) < 4.78 is 25.2. The molecule has 4 aliphatic rings. The third kappa shape index (κ3) is 10.5. The number of morpholine rings is 1. The molecule has 5 rings (SSSR count). The second kappa shape index (κ2) is 19.4. The van der Waals surface area contributed by atoms with Crippen LogP contribution in [0.25, 0.3) is 0 Å². The lowest BCUT2D eigenvalue weighted by molar-refractivity contribution is -0.130. The number of fused-ring (bicyclic) bond motifs is 1. The number of anilines is 2. The largest absolute Gasteiger partial charge is 0.384 e. The van der Waals surface area contributed by atoms with E-state index in [9.17, 15) is 9.18 Å². The molecule has 3 aliphatic heterocycles. The molecule has 1 aliphatic carbocycles. The highest BCUT2D eigenvalue weighted by Crippen LogP contribution is 2.34. The number of rotatable bonds is 6. The molecule has 4 fully saturated rings. The molecule has 1 aromatic carbocycles. The van der Waals surface area contributed by atoms with Crippen LogP contribution in [0.2, 0.25) is 0 Å². The molecule has 0 aromatic heterocycles. The van der Waals surface area contributed by atoms with E-state index < -0.39 is 0 Å². The average molecular weight is 579 g/mol. The van der Waals surface area contributed by atoms with Crippen LogP contribution in [-0.4, -0.2) is 76.1 Å². The zero-order chi connectivity index (χ0) is 30.2. The number of carbonyl (C=O) groups excluding carboxylic acids is 1. The summed E-state index contributed by atoms with van der Waals surface area (Å²) in [6, 6.07) is 5.46. The second-order valence-electron chi connectivity index (χ2n) is 11.5. The summed E-state index contributed by atoms with van der Waals surface area (Å²) in [5.41, 5.74) is 1.08. The fourth-order valence-electron chi connectivity index (χ4n) is 6.60. The molecule has 0 bridgehead atoms. The lowest BCUT2D eigenvalue weighted by Crippen LogP contribution is -2.62. The lowest BCUT2D eigenvalue weighted by atomic mass is 9.82. The fourth-order valence-corrected chi connectivity index (χ4v) is 6.60. The van der Waals surface area contributed by atoms with Gasteiger partial charge in [-0.15, -0.1) is 0 Å². The third-order valence-corrected chi connectivity index (χ3v) is 8.75. The van der Waals surface area contributed by atoms with E-state index in [0.29, 0.717) is 42.0 Å². The quantitative estimate of drug-likeness (QED) is 0.374. The number of piperidine rings is 2. The van der Waals surface area contributed by atoms with Crippen molar-refractivity contribution in [2.24, 2.45) is 17.8 Å². The van der Waals surface area contributed by atoms with Crippen molar-refractivity contribution >= 4 is 17.8 Å². The Hall–Kier alpha value is -1.74. The number of benzene rings is 1. The summed E-state index contributed by atoms with van der Waals surface area (Å²) >= 11 is 0. The predicted molar refractivity (Wildman–Crippen MR) is 169 cm³/mol. The maximum atomic E-state index is 14.0. The van der Waals surface area contributed by atoms with Crippen molar-refractivity contribution in [2.75, 3.05) is 56.7 Å². The van der Waals surface area contributed by atoms with Crippen molar-refractivity contribution in [3.05, 3.63) is 24.0 Å². The molecule has 5 atom stereocenters. The molecule has 2 N–H and O–H groups in total. The van der Waals surface area contributed by atoms with Gasteiger partial charge in [0, 0.05) is 45.1 Å². The van der Waals surface area contributed by atoms with Crippen molar-refractivity contribution in [2.45, 2.75) is 105 Å². The first-order valence-corrected chi connectivity index (χ1v) is 16.3. The Morgan fingerprint density at radius 2 is 1.78 bits per heavy atom. The summed E-state index contributed by atoms with van der Waals surface area (Å²) in [5, 5.41) is 6.20. The highest BCUT2D eigenvalue weighted by molar-refractivity contribution is 5.72. The molecule has 0 spiro atoms. The van der Waals surface area contributed by atoms with E-state index in [1.165, 1.54) is 44.7 Å². The SMILES string of the molecule is CC.CC.CC1CCC(N2CCOC3C(C)CCCC32)NC1.COCC1CCN(c2ccc(NC=O)cc2F)CC1. The Bertz CT molecular complexity index is 844. The van der Waals surface area contributed by atoms with Crippen molar-refractivity contribution < 1.29 is 18.7 Å². The number of hydrogen-bond donors (Lipinski definition) is 2. The number of methoxy groups -OCH3 is 1. The van der Waals surface area contributed by atoms with Crippen molar-refractivity contribution in [3.8, 4) is 0 Å². The van der Waals surface area contributed by atoms with Gasteiger partial charge in [0.1, 0.15) is 5.82 Å². The summed E-state index contributed by atoms with van der Waals surface area (Å²) in [7, 11) is 1.71. The summed E-state index contributed by atoms with van der Waals surface area (Å²) in [6.07, 6.45) is 10.4. The molecular formula is C33H59FN4O3. The van der Waals surface area contributed by atoms with Gasteiger partial charge in [0.2, 0.25) is 6.41 Å². The Morgan fingerprint density at radius 3 is 2.39 bits per heavy atom. The topological polar surface area (TPSA) is 66.1 Å². The molecular weight excluding hydrogens is 519 g/mol. The monoisotopic (exact) mass is 578 g/mol. The molecule has 5 unspecified atom stereocenters. The van der Waals surface area contributed by atoms with Crippen LogP contribution in [0.15, 0.2) is 18.2 Å². The maximum Gasteiger partial charge on any atom is 0.211 e. The third-order valence-electron chi connectivity index (χ3n) is 8.75. The van der Waals surface area contributed by atoms with Gasteiger partial charge in [-0.1, -0.05) is 48.0 Å². The predicted octanol–water partition coefficient (Wildman–Crippen LogP) is 6.53. The zero-order valence-corrected chi connectivity index (χ0v) is 27.0. The maximum absolute atomic E-state index is 14.0. The van der Waals surface area contributed by atoms with Crippen molar-refractivity contribution in [1.82, 2.24) is 10.2 Å². The van der Waals surface area contributed by atoms with E-state index in [4.69, 9.17) is 9.47 Å². The van der Waals surface area contributed by atoms with E-state index in [1.54, 1.807) is 19.2 Å². The number of hydrogen-bond acceptors (Lipinski definition) is 6. The second-order valence-corrected chi connectivity index (χ2v) is 11.5. The molecule has 0 radical (unpaired) electrons. The van der Waals surface area contributed by atoms with E-state index in [2.05, 4.69) is 29.4 Å². The fraction of sp³-hybridized carbons (Fsp3) is 0.788. The van der Waals surface area contributed by atoms with E-state index in [1.807, 2.05) is 32.6 Å². The van der Waals surface area contributed by atoms with Crippen molar-refractivity contribution in [3.63, 3.8) is 0 Å². The number of amides is 1. The van der Waals surface area contributed by atoms with Gasteiger partial charge in [0.05, 0.1) is 24.6 Å². The zero-order valence-electron chi connectivity index (χ0n) is 27.0. The van der Waals surface area contributed by atoms with Crippen molar-refractivity contribution in [1.29, 1.82) is 0 Å². The van der Waals surface area contributed by atoms with Gasteiger partial charge in [-0.3, -0.25) is 9.69 Å². The first kappa shape index (κ1) is 35.5. The molecule has 236 valence electrons. The molecule has 1 amide bonds. The number of ether oxygens (including phenoxy) is 2. The first-order valence-electron chi connectivity index (χ1n) is 16.3. The van der Waals surface area contributed by atoms with Gasteiger partial charge in [0.25, 0.3) is 0 Å². The number of nitrogens with zero attached hydrogens (tertiary/aromatic N) is 2. The molecule has 1 aromatic rings. The standard InChI is InChI=1S/C15H28N2O.C14H19FN2O2.2C2H6/c1-11-6-7-14(16-10-11)17-8-9-18-15-12(2)4-3-5-13(15)17;1-19-9-11-4-6-17(7-5-11)14-3-2-12(16-10-18)8-13(14)15;2*1-2/h11-16H,3-10H2,1-2H3;2-3,8,10-11H,4-7,9H2,1H3,(H,16,18);2*1-2H3. The molecule has 41 heavy (non-hydrogen) atoms. The number of halogens is 1. The minimum Gasteiger partial charge on any atom is -0.384 e. The van der Waals surface area contributed by atoms with Crippen LogP contribution >= 0.6 is 0 Å². The van der Waals surface area contributed by atoms with Crippen LogP contribution in [0.4, 0.5) is 15.8 Å². The molecule has 7 nitrogen and oxygen atoms in total. The van der Waals surface area contributed by atoms with Crippen LogP contribution in [0.1, 0.15) is 86.5 Å². The van der Waals surface area contributed by atoms with Crippen LogP contribution < -0.4 is 15.5 Å². The Kier molecular flexibility index (Phi) is 16.8. The van der Waals surface area contributed by atoms with Crippen LogP contribution in [0.3, 0.4) is 0 Å². The highest BCUT2D eigenvalue weighted by atomic mass is 19.1.